The third-order valence-electron chi connectivity index (χ3n) is 4.16. The smallest absolute Gasteiger partial charge is 0.231 e. The minimum atomic E-state index is -0.111. The van der Waals surface area contributed by atoms with Gasteiger partial charge in [0.25, 0.3) is 0 Å². The Morgan fingerprint density at radius 2 is 1.90 bits per heavy atom. The van der Waals surface area contributed by atoms with E-state index in [0.717, 1.165) is 45.0 Å². The highest BCUT2D eigenvalue weighted by Gasteiger charge is 2.29. The summed E-state index contributed by atoms with van der Waals surface area (Å²) in [6.07, 6.45) is 4.60. The minimum Gasteiger partial charge on any atom is -0.373 e. The number of ether oxygens (including phenoxy) is 1. The highest BCUT2D eigenvalue weighted by molar-refractivity contribution is 5.44. The van der Waals surface area contributed by atoms with Crippen molar-refractivity contribution in [1.82, 2.24) is 15.0 Å². The van der Waals surface area contributed by atoms with E-state index in [1.807, 2.05) is 7.05 Å². The number of nitrogens with zero attached hydrogens (tertiary/aromatic N) is 4. The second-order valence-corrected chi connectivity index (χ2v) is 5.98. The fourth-order valence-corrected chi connectivity index (χ4v) is 2.86. The number of rotatable bonds is 5. The molecule has 7 nitrogen and oxygen atoms in total. The van der Waals surface area contributed by atoms with Gasteiger partial charge >= 0.3 is 0 Å². The summed E-state index contributed by atoms with van der Waals surface area (Å²) >= 11 is 0. The molecule has 0 bridgehead atoms. The van der Waals surface area contributed by atoms with Crippen LogP contribution in [0.25, 0.3) is 0 Å². The van der Waals surface area contributed by atoms with Gasteiger partial charge in [0.1, 0.15) is 0 Å². The van der Waals surface area contributed by atoms with E-state index >= 15 is 0 Å². The Bertz CT molecular complexity index is 482. The Kier molecular flexibility index (Phi) is 4.10. The summed E-state index contributed by atoms with van der Waals surface area (Å²) in [6.45, 7) is 5.74. The van der Waals surface area contributed by atoms with Gasteiger partial charge < -0.3 is 20.3 Å². The molecule has 0 spiro atoms. The van der Waals surface area contributed by atoms with Crippen LogP contribution in [0.2, 0.25) is 0 Å². The summed E-state index contributed by atoms with van der Waals surface area (Å²) in [6, 6.07) is 0. The topological polar surface area (TPSA) is 75.2 Å². The van der Waals surface area contributed by atoms with Crippen LogP contribution in [0, 0.1) is 0 Å². The summed E-state index contributed by atoms with van der Waals surface area (Å²) in [5, 5.41) is 6.32. The maximum Gasteiger partial charge on any atom is 0.231 e. The van der Waals surface area contributed by atoms with E-state index in [2.05, 4.69) is 37.4 Å². The molecule has 1 atom stereocenters. The van der Waals surface area contributed by atoms with Gasteiger partial charge in [0.2, 0.25) is 17.8 Å². The third kappa shape index (κ3) is 3.34. The molecule has 3 rings (SSSR count). The van der Waals surface area contributed by atoms with Crippen molar-refractivity contribution >= 4 is 17.8 Å². The predicted octanol–water partition coefficient (Wildman–Crippen LogP) is 1.49. The van der Waals surface area contributed by atoms with Crippen LogP contribution in [0.3, 0.4) is 0 Å². The van der Waals surface area contributed by atoms with Crippen molar-refractivity contribution in [2.24, 2.45) is 0 Å². The Balaban J connectivity index is 1.72. The minimum absolute atomic E-state index is 0.111. The zero-order chi connectivity index (χ0) is 14.7. The van der Waals surface area contributed by atoms with E-state index < -0.39 is 0 Å². The average Bonchev–Trinajstić information content (AvgIpc) is 3.17. The largest absolute Gasteiger partial charge is 0.373 e. The first-order chi connectivity index (χ1) is 10.2. The highest BCUT2D eigenvalue weighted by Crippen LogP contribution is 2.25. The SMILES string of the molecule is CNc1nc(NCC2(C)CCCO2)nc(N2CCCC2)n1. The number of nitrogens with one attached hydrogen (secondary N) is 2. The van der Waals surface area contributed by atoms with Gasteiger partial charge in [-0.3, -0.25) is 0 Å². The molecule has 0 aromatic carbocycles. The van der Waals surface area contributed by atoms with Crippen LogP contribution in [0.1, 0.15) is 32.6 Å². The molecule has 2 saturated heterocycles. The van der Waals surface area contributed by atoms with Gasteiger partial charge in [-0.1, -0.05) is 0 Å². The molecule has 2 N–H and O–H groups in total. The molecule has 1 aromatic rings. The first kappa shape index (κ1) is 14.3. The summed E-state index contributed by atoms with van der Waals surface area (Å²) < 4.78 is 5.79. The van der Waals surface area contributed by atoms with Crippen LogP contribution in [0.4, 0.5) is 17.8 Å². The lowest BCUT2D eigenvalue weighted by molar-refractivity contribution is 0.0314. The summed E-state index contributed by atoms with van der Waals surface area (Å²) in [4.78, 5) is 15.6. The molecule has 1 aromatic heterocycles. The van der Waals surface area contributed by atoms with Crippen LogP contribution in [0.15, 0.2) is 0 Å². The van der Waals surface area contributed by atoms with E-state index in [-0.39, 0.29) is 5.60 Å². The Labute approximate surface area is 125 Å². The molecule has 3 heterocycles. The predicted molar refractivity (Wildman–Crippen MR) is 82.9 cm³/mol. The maximum atomic E-state index is 5.79. The van der Waals surface area contributed by atoms with Crippen LogP contribution in [-0.2, 0) is 4.74 Å². The zero-order valence-electron chi connectivity index (χ0n) is 12.9. The van der Waals surface area contributed by atoms with Gasteiger partial charge in [0.15, 0.2) is 0 Å². The fraction of sp³-hybridized carbons (Fsp3) is 0.786. The molecule has 1 unspecified atom stereocenters. The van der Waals surface area contributed by atoms with Crippen molar-refractivity contribution < 1.29 is 4.74 Å². The van der Waals surface area contributed by atoms with Crippen molar-refractivity contribution in [2.45, 2.75) is 38.2 Å². The van der Waals surface area contributed by atoms with Gasteiger partial charge in [-0.15, -0.1) is 0 Å². The van der Waals surface area contributed by atoms with E-state index in [1.165, 1.54) is 12.8 Å². The Hall–Kier alpha value is -1.63. The number of hydrogen-bond acceptors (Lipinski definition) is 7. The van der Waals surface area contributed by atoms with Crippen LogP contribution in [0.5, 0.6) is 0 Å². The summed E-state index contributed by atoms with van der Waals surface area (Å²) in [5.41, 5.74) is -0.111. The van der Waals surface area contributed by atoms with Crippen LogP contribution in [-0.4, -0.2) is 53.8 Å². The standard InChI is InChI=1S/C14H24N6O/c1-14(6-5-9-21-14)10-16-12-17-11(15-2)18-13(19-12)20-7-3-4-8-20/h3-10H2,1-2H3,(H2,15,16,17,18,19). The first-order valence-corrected chi connectivity index (χ1v) is 7.75. The second-order valence-electron chi connectivity index (χ2n) is 5.98. The van der Waals surface area contributed by atoms with Crippen molar-refractivity contribution in [1.29, 1.82) is 0 Å². The lowest BCUT2D eigenvalue weighted by Crippen LogP contribution is -2.33. The molecule has 0 saturated carbocycles. The van der Waals surface area contributed by atoms with E-state index in [4.69, 9.17) is 4.74 Å². The normalized spacial score (nSPS) is 25.3. The molecule has 2 fully saturated rings. The molecule has 0 radical (unpaired) electrons. The van der Waals surface area contributed by atoms with E-state index in [0.29, 0.717) is 11.9 Å². The summed E-state index contributed by atoms with van der Waals surface area (Å²) in [7, 11) is 1.83. The zero-order valence-corrected chi connectivity index (χ0v) is 12.9. The second kappa shape index (κ2) is 6.01. The van der Waals surface area contributed by atoms with Gasteiger partial charge in [-0.2, -0.15) is 15.0 Å². The molecule has 0 amide bonds. The van der Waals surface area contributed by atoms with Crippen molar-refractivity contribution in [3.05, 3.63) is 0 Å². The lowest BCUT2D eigenvalue weighted by atomic mass is 10.0. The molecule has 2 aliphatic heterocycles. The molecule has 116 valence electrons. The average molecular weight is 292 g/mol. The number of anilines is 3. The molecule has 21 heavy (non-hydrogen) atoms. The van der Waals surface area contributed by atoms with Crippen molar-refractivity contribution in [3.63, 3.8) is 0 Å². The highest BCUT2D eigenvalue weighted by atomic mass is 16.5. The molecule has 7 heteroatoms. The monoisotopic (exact) mass is 292 g/mol. The van der Waals surface area contributed by atoms with Crippen LogP contribution < -0.4 is 15.5 Å². The molecule has 2 aliphatic rings. The van der Waals surface area contributed by atoms with Crippen molar-refractivity contribution in [2.75, 3.05) is 48.8 Å². The van der Waals surface area contributed by atoms with Crippen LogP contribution >= 0.6 is 0 Å². The third-order valence-corrected chi connectivity index (χ3v) is 4.16. The Morgan fingerprint density at radius 1 is 1.14 bits per heavy atom. The van der Waals surface area contributed by atoms with Crippen molar-refractivity contribution in [3.8, 4) is 0 Å². The van der Waals surface area contributed by atoms with Gasteiger partial charge in [0, 0.05) is 33.3 Å². The maximum absolute atomic E-state index is 5.79. The number of aromatic nitrogens is 3. The quantitative estimate of drug-likeness (QED) is 0.851. The summed E-state index contributed by atoms with van der Waals surface area (Å²) in [5.74, 6) is 1.98. The molecule has 0 aliphatic carbocycles. The van der Waals surface area contributed by atoms with Gasteiger partial charge in [-0.25, -0.2) is 0 Å². The fourth-order valence-electron chi connectivity index (χ4n) is 2.86. The first-order valence-electron chi connectivity index (χ1n) is 7.75. The Morgan fingerprint density at radius 3 is 2.57 bits per heavy atom. The number of hydrogen-bond donors (Lipinski definition) is 2. The molecular formula is C14H24N6O. The molecular weight excluding hydrogens is 268 g/mol. The van der Waals surface area contributed by atoms with Gasteiger partial charge in [0.05, 0.1) is 5.60 Å². The van der Waals surface area contributed by atoms with E-state index in [1.54, 1.807) is 0 Å². The van der Waals surface area contributed by atoms with Gasteiger partial charge in [-0.05, 0) is 32.6 Å². The lowest BCUT2D eigenvalue weighted by Gasteiger charge is -2.24. The van der Waals surface area contributed by atoms with E-state index in [9.17, 15) is 0 Å².